The number of ether oxygens (including phenoxy) is 2. The fraction of sp³-hybridized carbons (Fsp3) is 0.235. The molecule has 0 aliphatic heterocycles. The van der Waals surface area contributed by atoms with Crippen LogP contribution in [0.2, 0.25) is 0 Å². The molecule has 0 saturated heterocycles. The third-order valence-electron chi connectivity index (χ3n) is 3.12. The Hall–Kier alpha value is -2.74. The average Bonchev–Trinajstić information content (AvgIpc) is 2.57. The van der Waals surface area contributed by atoms with Crippen molar-refractivity contribution in [3.8, 4) is 5.75 Å². The minimum Gasteiger partial charge on any atom is -0.492 e. The van der Waals surface area contributed by atoms with Crippen molar-refractivity contribution < 1.29 is 22.7 Å². The molecular weight excluding hydrogens is 344 g/mol. The number of nitrogens with one attached hydrogen (secondary N) is 2. The third-order valence-corrected chi connectivity index (χ3v) is 4.50. The van der Waals surface area contributed by atoms with Crippen LogP contribution < -0.4 is 14.8 Å². The summed E-state index contributed by atoms with van der Waals surface area (Å²) >= 11 is 0. The molecule has 134 valence electrons. The van der Waals surface area contributed by atoms with Crippen LogP contribution >= 0.6 is 0 Å². The molecule has 1 amide bonds. The molecule has 0 fully saturated rings. The van der Waals surface area contributed by atoms with Crippen LogP contribution in [-0.2, 0) is 14.8 Å². The number of sulfonamides is 1. The Bertz CT molecular complexity index is 819. The van der Waals surface area contributed by atoms with E-state index in [0.29, 0.717) is 23.7 Å². The number of para-hydroxylation sites is 2. The van der Waals surface area contributed by atoms with Crippen molar-refractivity contribution >= 4 is 27.5 Å². The lowest BCUT2D eigenvalue weighted by atomic mass is 10.3. The highest BCUT2D eigenvalue weighted by molar-refractivity contribution is 7.92. The Kier molecular flexibility index (Phi) is 6.24. The van der Waals surface area contributed by atoms with E-state index in [1.165, 1.54) is 24.3 Å². The zero-order chi connectivity index (χ0) is 18.3. The first-order valence-corrected chi connectivity index (χ1v) is 9.23. The maximum Gasteiger partial charge on any atom is 0.411 e. The van der Waals surface area contributed by atoms with E-state index in [-0.39, 0.29) is 11.5 Å². The smallest absolute Gasteiger partial charge is 0.411 e. The van der Waals surface area contributed by atoms with Gasteiger partial charge in [0, 0.05) is 5.69 Å². The topological polar surface area (TPSA) is 93.7 Å². The standard InChI is InChI=1S/C17H20N2O5S/c1-3-23-16-8-6-5-7-15(16)19-25(21,22)14-11-9-13(10-12-14)18-17(20)24-4-2/h5-12,19H,3-4H2,1-2H3,(H,18,20). The van der Waals surface area contributed by atoms with Crippen LogP contribution in [0.25, 0.3) is 0 Å². The number of amides is 1. The molecule has 0 heterocycles. The van der Waals surface area contributed by atoms with Crippen LogP contribution in [0.15, 0.2) is 53.4 Å². The second kappa shape index (κ2) is 8.39. The van der Waals surface area contributed by atoms with E-state index in [1.54, 1.807) is 31.2 Å². The van der Waals surface area contributed by atoms with Gasteiger partial charge in [-0.15, -0.1) is 0 Å². The van der Waals surface area contributed by atoms with Gasteiger partial charge >= 0.3 is 6.09 Å². The summed E-state index contributed by atoms with van der Waals surface area (Å²) < 4.78 is 37.7. The Labute approximate surface area is 147 Å². The molecule has 0 saturated carbocycles. The Morgan fingerprint density at radius 2 is 1.68 bits per heavy atom. The van der Waals surface area contributed by atoms with Gasteiger partial charge in [-0.05, 0) is 50.2 Å². The van der Waals surface area contributed by atoms with Gasteiger partial charge in [0.2, 0.25) is 0 Å². The number of rotatable bonds is 7. The van der Waals surface area contributed by atoms with Gasteiger partial charge in [0.1, 0.15) is 5.75 Å². The molecular formula is C17H20N2O5S. The first-order valence-electron chi connectivity index (χ1n) is 7.74. The van der Waals surface area contributed by atoms with Crippen molar-refractivity contribution in [2.24, 2.45) is 0 Å². The van der Waals surface area contributed by atoms with Crippen LogP contribution in [0.4, 0.5) is 16.2 Å². The predicted molar refractivity (Wildman–Crippen MR) is 95.5 cm³/mol. The summed E-state index contributed by atoms with van der Waals surface area (Å²) in [4.78, 5) is 11.4. The highest BCUT2D eigenvalue weighted by Crippen LogP contribution is 2.27. The van der Waals surface area contributed by atoms with Gasteiger partial charge in [0.25, 0.3) is 10.0 Å². The Morgan fingerprint density at radius 3 is 2.32 bits per heavy atom. The molecule has 0 spiro atoms. The number of hydrogen-bond donors (Lipinski definition) is 2. The van der Waals surface area contributed by atoms with E-state index in [1.807, 2.05) is 6.92 Å². The zero-order valence-electron chi connectivity index (χ0n) is 14.0. The quantitative estimate of drug-likeness (QED) is 0.785. The molecule has 0 aliphatic carbocycles. The number of carbonyl (C=O) groups is 1. The fourth-order valence-electron chi connectivity index (χ4n) is 2.04. The summed E-state index contributed by atoms with van der Waals surface area (Å²) in [6, 6.07) is 12.6. The Balaban J connectivity index is 2.16. The molecule has 0 aromatic heterocycles. The molecule has 2 aromatic rings. The molecule has 25 heavy (non-hydrogen) atoms. The summed E-state index contributed by atoms with van der Waals surface area (Å²) in [5.74, 6) is 0.453. The van der Waals surface area contributed by atoms with Crippen LogP contribution in [0.1, 0.15) is 13.8 Å². The molecule has 2 rings (SSSR count). The molecule has 8 heteroatoms. The van der Waals surface area contributed by atoms with E-state index in [9.17, 15) is 13.2 Å². The minimum absolute atomic E-state index is 0.0632. The molecule has 2 N–H and O–H groups in total. The van der Waals surface area contributed by atoms with Crippen LogP contribution in [0.3, 0.4) is 0 Å². The first kappa shape index (κ1) is 18.6. The molecule has 0 atom stereocenters. The summed E-state index contributed by atoms with van der Waals surface area (Å²) in [6.07, 6.45) is -0.595. The number of benzene rings is 2. The van der Waals surface area contributed by atoms with Crippen molar-refractivity contribution in [2.45, 2.75) is 18.7 Å². The lowest BCUT2D eigenvalue weighted by Crippen LogP contribution is -2.15. The van der Waals surface area contributed by atoms with Crippen LogP contribution in [0.5, 0.6) is 5.75 Å². The van der Waals surface area contributed by atoms with Crippen LogP contribution in [-0.4, -0.2) is 27.7 Å². The van der Waals surface area contributed by atoms with Crippen molar-refractivity contribution in [1.29, 1.82) is 0 Å². The number of hydrogen-bond acceptors (Lipinski definition) is 5. The molecule has 0 radical (unpaired) electrons. The second-order valence-electron chi connectivity index (χ2n) is 4.90. The SMILES string of the molecule is CCOC(=O)Nc1ccc(S(=O)(=O)Nc2ccccc2OCC)cc1. The minimum atomic E-state index is -3.78. The average molecular weight is 364 g/mol. The highest BCUT2D eigenvalue weighted by Gasteiger charge is 2.16. The van der Waals surface area contributed by atoms with Gasteiger partial charge in [0.05, 0.1) is 23.8 Å². The fourth-order valence-corrected chi connectivity index (χ4v) is 3.11. The third kappa shape index (κ3) is 5.12. The van der Waals surface area contributed by atoms with Gasteiger partial charge in [-0.25, -0.2) is 13.2 Å². The molecule has 0 bridgehead atoms. The largest absolute Gasteiger partial charge is 0.492 e. The van der Waals surface area contributed by atoms with Gasteiger partial charge in [-0.3, -0.25) is 10.0 Å². The van der Waals surface area contributed by atoms with E-state index in [2.05, 4.69) is 10.0 Å². The monoisotopic (exact) mass is 364 g/mol. The lowest BCUT2D eigenvalue weighted by Gasteiger charge is -2.13. The van der Waals surface area contributed by atoms with Crippen molar-refractivity contribution in [3.05, 3.63) is 48.5 Å². The highest BCUT2D eigenvalue weighted by atomic mass is 32.2. The normalized spacial score (nSPS) is 10.8. The van der Waals surface area contributed by atoms with Gasteiger partial charge in [-0.2, -0.15) is 0 Å². The molecule has 0 unspecified atom stereocenters. The lowest BCUT2D eigenvalue weighted by molar-refractivity contribution is 0.168. The summed E-state index contributed by atoms with van der Waals surface area (Å²) in [5, 5.41) is 2.50. The number of anilines is 2. The summed E-state index contributed by atoms with van der Waals surface area (Å²) in [5.41, 5.74) is 0.796. The van der Waals surface area contributed by atoms with E-state index in [0.717, 1.165) is 0 Å². The van der Waals surface area contributed by atoms with E-state index >= 15 is 0 Å². The predicted octanol–water partition coefficient (Wildman–Crippen LogP) is 3.45. The van der Waals surface area contributed by atoms with Gasteiger partial charge in [0.15, 0.2) is 0 Å². The van der Waals surface area contributed by atoms with Crippen molar-refractivity contribution in [1.82, 2.24) is 0 Å². The molecule has 2 aromatic carbocycles. The van der Waals surface area contributed by atoms with E-state index < -0.39 is 16.1 Å². The maximum atomic E-state index is 12.5. The first-order chi connectivity index (χ1) is 12.0. The van der Waals surface area contributed by atoms with Gasteiger partial charge < -0.3 is 9.47 Å². The summed E-state index contributed by atoms with van der Waals surface area (Å²) in [6.45, 7) is 4.19. The molecule has 0 aliphatic rings. The summed E-state index contributed by atoms with van der Waals surface area (Å²) in [7, 11) is -3.78. The van der Waals surface area contributed by atoms with Crippen LogP contribution in [0, 0.1) is 0 Å². The van der Waals surface area contributed by atoms with E-state index in [4.69, 9.17) is 9.47 Å². The van der Waals surface area contributed by atoms with Crippen molar-refractivity contribution in [3.63, 3.8) is 0 Å². The second-order valence-corrected chi connectivity index (χ2v) is 6.59. The van der Waals surface area contributed by atoms with Crippen molar-refractivity contribution in [2.75, 3.05) is 23.3 Å². The van der Waals surface area contributed by atoms with Gasteiger partial charge in [-0.1, -0.05) is 12.1 Å². The molecule has 7 nitrogen and oxygen atoms in total. The Morgan fingerprint density at radius 1 is 1.00 bits per heavy atom. The number of carbonyl (C=O) groups excluding carboxylic acids is 1. The zero-order valence-corrected chi connectivity index (χ0v) is 14.8. The maximum absolute atomic E-state index is 12.5.